The van der Waals surface area contributed by atoms with E-state index in [2.05, 4.69) is 17.1 Å². The molecule has 0 spiro atoms. The molecular formula is C22H20N2O3. The monoisotopic (exact) mass is 360 g/mol. The number of amides is 1. The average Bonchev–Trinajstić information content (AvgIpc) is 2.74. The zero-order valence-electron chi connectivity index (χ0n) is 14.9. The number of aromatic nitrogens is 1. The molecule has 0 bridgehead atoms. The van der Waals surface area contributed by atoms with Gasteiger partial charge in [0.25, 0.3) is 5.91 Å². The molecule has 1 saturated heterocycles. The van der Waals surface area contributed by atoms with Gasteiger partial charge in [-0.1, -0.05) is 30.3 Å². The molecule has 5 heteroatoms. The highest BCUT2D eigenvalue weighted by Crippen LogP contribution is 2.26. The first-order chi connectivity index (χ1) is 13.2. The zero-order chi connectivity index (χ0) is 18.6. The van der Waals surface area contributed by atoms with E-state index >= 15 is 0 Å². The first kappa shape index (κ1) is 17.2. The summed E-state index contributed by atoms with van der Waals surface area (Å²) >= 11 is 0. The van der Waals surface area contributed by atoms with Crippen molar-refractivity contribution < 1.29 is 14.3 Å². The molecule has 2 heterocycles. The summed E-state index contributed by atoms with van der Waals surface area (Å²) < 4.78 is 6.04. The molecule has 0 atom stereocenters. The number of nitrogens with zero attached hydrogens (tertiary/aromatic N) is 2. The van der Waals surface area contributed by atoms with Crippen LogP contribution in [0.25, 0.3) is 22.0 Å². The van der Waals surface area contributed by atoms with Crippen LogP contribution in [0.3, 0.4) is 0 Å². The molecule has 1 aromatic heterocycles. The van der Waals surface area contributed by atoms with E-state index in [4.69, 9.17) is 4.74 Å². The van der Waals surface area contributed by atoms with Crippen molar-refractivity contribution in [1.29, 1.82) is 0 Å². The maximum absolute atomic E-state index is 11.4. The van der Waals surface area contributed by atoms with Gasteiger partial charge in [-0.05, 0) is 29.8 Å². The number of piperidine rings is 1. The highest BCUT2D eigenvalue weighted by Gasteiger charge is 2.23. The number of benzene rings is 2. The second kappa shape index (κ2) is 7.58. The van der Waals surface area contributed by atoms with Gasteiger partial charge >= 0.3 is 0 Å². The Morgan fingerprint density at radius 2 is 1.78 bits per heavy atom. The largest absolute Gasteiger partial charge is 0.490 e. The summed E-state index contributed by atoms with van der Waals surface area (Å²) in [5.41, 5.74) is 3.15. The van der Waals surface area contributed by atoms with Crippen LogP contribution in [0, 0.1) is 0 Å². The number of aldehydes is 1. The molecular weight excluding hydrogens is 340 g/mol. The summed E-state index contributed by atoms with van der Waals surface area (Å²) in [4.78, 5) is 28.1. The van der Waals surface area contributed by atoms with Crippen molar-refractivity contribution in [2.24, 2.45) is 0 Å². The molecule has 1 amide bonds. The van der Waals surface area contributed by atoms with Crippen molar-refractivity contribution in [3.8, 4) is 16.9 Å². The number of pyridine rings is 1. The van der Waals surface area contributed by atoms with E-state index in [0.29, 0.717) is 19.4 Å². The van der Waals surface area contributed by atoms with Crippen LogP contribution in [0.1, 0.15) is 12.8 Å². The van der Waals surface area contributed by atoms with E-state index in [1.165, 1.54) is 0 Å². The van der Waals surface area contributed by atoms with Crippen LogP contribution in [0.5, 0.6) is 5.75 Å². The number of rotatable bonds is 4. The molecule has 2 aromatic carbocycles. The number of hydrogen-bond acceptors (Lipinski definition) is 4. The smallest absolute Gasteiger partial charge is 0.286 e. The summed E-state index contributed by atoms with van der Waals surface area (Å²) in [6.07, 6.45) is 3.79. The number of likely N-dealkylation sites (tertiary alicyclic amines) is 1. The Morgan fingerprint density at radius 3 is 2.52 bits per heavy atom. The lowest BCUT2D eigenvalue weighted by Crippen LogP contribution is -2.42. The van der Waals surface area contributed by atoms with Crippen molar-refractivity contribution in [2.75, 3.05) is 13.1 Å². The van der Waals surface area contributed by atoms with Gasteiger partial charge in [0.05, 0.1) is 5.52 Å². The third-order valence-electron chi connectivity index (χ3n) is 4.94. The Morgan fingerprint density at radius 1 is 1.04 bits per heavy atom. The van der Waals surface area contributed by atoms with Crippen molar-refractivity contribution in [1.82, 2.24) is 9.88 Å². The van der Waals surface area contributed by atoms with Crippen molar-refractivity contribution in [3.63, 3.8) is 0 Å². The molecule has 4 rings (SSSR count). The number of fused-ring (bicyclic) bond motifs is 1. The van der Waals surface area contributed by atoms with Crippen LogP contribution in [-0.4, -0.2) is 41.3 Å². The fourth-order valence-corrected chi connectivity index (χ4v) is 3.42. The van der Waals surface area contributed by atoms with E-state index < -0.39 is 5.91 Å². The number of ether oxygens (including phenoxy) is 1. The molecule has 136 valence electrons. The van der Waals surface area contributed by atoms with Crippen LogP contribution >= 0.6 is 0 Å². The van der Waals surface area contributed by atoms with Gasteiger partial charge in [0, 0.05) is 43.1 Å². The van der Waals surface area contributed by atoms with E-state index in [0.717, 1.165) is 40.6 Å². The lowest BCUT2D eigenvalue weighted by molar-refractivity contribution is -0.140. The second-order valence-electron chi connectivity index (χ2n) is 6.70. The quantitative estimate of drug-likeness (QED) is 0.528. The summed E-state index contributed by atoms with van der Waals surface area (Å²) in [7, 11) is 0. The molecule has 1 aliphatic heterocycles. The topological polar surface area (TPSA) is 59.5 Å². The number of carbonyl (C=O) groups excluding carboxylic acids is 2. The average molecular weight is 360 g/mol. The maximum atomic E-state index is 11.4. The van der Waals surface area contributed by atoms with Gasteiger partial charge in [-0.25, -0.2) is 0 Å². The molecule has 5 nitrogen and oxygen atoms in total. The van der Waals surface area contributed by atoms with Crippen LogP contribution in [-0.2, 0) is 9.59 Å². The number of hydrogen-bond donors (Lipinski definition) is 0. The minimum atomic E-state index is -0.443. The highest BCUT2D eigenvalue weighted by molar-refractivity contribution is 6.23. The Balaban J connectivity index is 1.41. The molecule has 0 N–H and O–H groups in total. The van der Waals surface area contributed by atoms with Gasteiger partial charge in [-0.15, -0.1) is 0 Å². The number of para-hydroxylation sites is 1. The van der Waals surface area contributed by atoms with Gasteiger partial charge in [-0.3, -0.25) is 14.6 Å². The SMILES string of the molecule is O=CC(=O)N1CCC(Oc2ccc(-c3cnc4ccccc4c3)cc2)CC1. The maximum Gasteiger partial charge on any atom is 0.286 e. The molecule has 1 fully saturated rings. The number of carbonyl (C=O) groups is 2. The molecule has 0 radical (unpaired) electrons. The fourth-order valence-electron chi connectivity index (χ4n) is 3.42. The lowest BCUT2D eigenvalue weighted by atomic mass is 10.0. The summed E-state index contributed by atoms with van der Waals surface area (Å²) in [5, 5.41) is 1.12. The summed E-state index contributed by atoms with van der Waals surface area (Å²) in [6, 6.07) is 18.2. The zero-order valence-corrected chi connectivity index (χ0v) is 14.9. The summed E-state index contributed by atoms with van der Waals surface area (Å²) in [6.45, 7) is 1.12. The normalized spacial score (nSPS) is 14.9. The first-order valence-electron chi connectivity index (χ1n) is 9.09. The Kier molecular flexibility index (Phi) is 4.83. The minimum Gasteiger partial charge on any atom is -0.490 e. The van der Waals surface area contributed by atoms with Gasteiger partial charge in [0.2, 0.25) is 6.29 Å². The standard InChI is InChI=1S/C22H20N2O3/c25-15-22(26)24-11-9-20(10-12-24)27-19-7-5-16(6-8-19)18-13-17-3-1-2-4-21(17)23-14-18/h1-8,13-15,20H,9-12H2. The third kappa shape index (κ3) is 3.82. The molecule has 27 heavy (non-hydrogen) atoms. The summed E-state index contributed by atoms with van der Waals surface area (Å²) in [5.74, 6) is 0.370. The molecule has 0 aliphatic carbocycles. The third-order valence-corrected chi connectivity index (χ3v) is 4.94. The van der Waals surface area contributed by atoms with E-state index in [-0.39, 0.29) is 6.10 Å². The van der Waals surface area contributed by atoms with Crippen LogP contribution < -0.4 is 4.74 Å². The Labute approximate surface area is 157 Å². The molecule has 0 saturated carbocycles. The predicted molar refractivity (Wildman–Crippen MR) is 103 cm³/mol. The van der Waals surface area contributed by atoms with E-state index in [1.54, 1.807) is 4.90 Å². The molecule has 3 aromatic rings. The van der Waals surface area contributed by atoms with E-state index in [9.17, 15) is 9.59 Å². The van der Waals surface area contributed by atoms with Gasteiger partial charge in [-0.2, -0.15) is 0 Å². The highest BCUT2D eigenvalue weighted by atomic mass is 16.5. The van der Waals surface area contributed by atoms with Gasteiger partial charge in [0.1, 0.15) is 11.9 Å². The van der Waals surface area contributed by atoms with Crippen LogP contribution in [0.15, 0.2) is 60.8 Å². The van der Waals surface area contributed by atoms with Crippen LogP contribution in [0.2, 0.25) is 0 Å². The van der Waals surface area contributed by atoms with Crippen LogP contribution in [0.4, 0.5) is 0 Å². The predicted octanol–water partition coefficient (Wildman–Crippen LogP) is 3.47. The van der Waals surface area contributed by atoms with Gasteiger partial charge in [0.15, 0.2) is 0 Å². The molecule has 0 unspecified atom stereocenters. The Bertz CT molecular complexity index is 961. The lowest BCUT2D eigenvalue weighted by Gasteiger charge is -2.31. The van der Waals surface area contributed by atoms with Crippen molar-refractivity contribution in [2.45, 2.75) is 18.9 Å². The Hall–Kier alpha value is -3.21. The van der Waals surface area contributed by atoms with E-state index in [1.807, 2.05) is 48.7 Å². The molecule has 1 aliphatic rings. The first-order valence-corrected chi connectivity index (χ1v) is 9.09. The van der Waals surface area contributed by atoms with Crippen molar-refractivity contribution >= 4 is 23.1 Å². The van der Waals surface area contributed by atoms with Crippen molar-refractivity contribution in [3.05, 3.63) is 60.8 Å². The van der Waals surface area contributed by atoms with Gasteiger partial charge < -0.3 is 9.64 Å². The minimum absolute atomic E-state index is 0.0638. The fraction of sp³-hybridized carbons (Fsp3) is 0.227. The second-order valence-corrected chi connectivity index (χ2v) is 6.70.